The molecule has 0 aliphatic rings. The van der Waals surface area contributed by atoms with E-state index in [1.807, 2.05) is 0 Å². The molecule has 144 valence electrons. The second-order valence-corrected chi connectivity index (χ2v) is 5.92. The van der Waals surface area contributed by atoms with Gasteiger partial charge in [-0.3, -0.25) is 9.59 Å². The van der Waals surface area contributed by atoms with E-state index < -0.39 is 17.2 Å². The molecule has 0 spiro atoms. The second kappa shape index (κ2) is 7.91. The normalized spacial score (nSPS) is 10.4. The molecule has 0 saturated heterocycles. The topological polar surface area (TPSA) is 82.5 Å². The predicted octanol–water partition coefficient (Wildman–Crippen LogP) is 2.95. The standard InChI is InChI=1S/C20H18FN3O4/c1-12-8-18(25)19(23-24(12)17-7-5-4-6-16(17)21)20(26)22-13-9-14(27-2)11-15(10-13)28-3/h4-11H,1-3H3,(H,22,26). The van der Waals surface area contributed by atoms with Crippen molar-refractivity contribution in [3.05, 3.63) is 76.0 Å². The number of aryl methyl sites for hydroxylation is 1. The number of hydrogen-bond donors (Lipinski definition) is 1. The first-order chi connectivity index (χ1) is 13.4. The van der Waals surface area contributed by atoms with Crippen molar-refractivity contribution in [2.24, 2.45) is 0 Å². The summed E-state index contributed by atoms with van der Waals surface area (Å²) in [6.45, 7) is 1.61. The van der Waals surface area contributed by atoms with E-state index in [4.69, 9.17) is 9.47 Å². The first-order valence-electron chi connectivity index (χ1n) is 8.33. The fourth-order valence-corrected chi connectivity index (χ4v) is 2.64. The number of hydrogen-bond acceptors (Lipinski definition) is 5. The Bertz CT molecular complexity index is 1070. The monoisotopic (exact) mass is 383 g/mol. The number of benzene rings is 2. The number of para-hydroxylation sites is 1. The van der Waals surface area contributed by atoms with Crippen LogP contribution in [0.2, 0.25) is 0 Å². The van der Waals surface area contributed by atoms with Gasteiger partial charge in [-0.1, -0.05) is 12.1 Å². The van der Waals surface area contributed by atoms with E-state index in [0.29, 0.717) is 22.9 Å². The van der Waals surface area contributed by atoms with Gasteiger partial charge in [0.25, 0.3) is 5.91 Å². The number of carbonyl (C=O) groups is 1. The Morgan fingerprint density at radius 3 is 2.32 bits per heavy atom. The quantitative estimate of drug-likeness (QED) is 0.733. The molecule has 0 unspecified atom stereocenters. The van der Waals surface area contributed by atoms with E-state index in [1.165, 1.54) is 37.1 Å². The van der Waals surface area contributed by atoms with Crippen LogP contribution in [-0.2, 0) is 0 Å². The van der Waals surface area contributed by atoms with Gasteiger partial charge in [0, 0.05) is 35.6 Å². The number of carbonyl (C=O) groups excluding carboxylic acids is 1. The van der Waals surface area contributed by atoms with Gasteiger partial charge < -0.3 is 14.8 Å². The van der Waals surface area contributed by atoms with Crippen molar-refractivity contribution in [1.29, 1.82) is 0 Å². The van der Waals surface area contributed by atoms with Gasteiger partial charge in [-0.15, -0.1) is 0 Å². The third-order valence-corrected chi connectivity index (χ3v) is 4.01. The Kier molecular flexibility index (Phi) is 5.39. The van der Waals surface area contributed by atoms with E-state index in [2.05, 4.69) is 10.4 Å². The van der Waals surface area contributed by atoms with Crippen molar-refractivity contribution in [3.8, 4) is 17.2 Å². The van der Waals surface area contributed by atoms with Crippen molar-refractivity contribution in [3.63, 3.8) is 0 Å². The van der Waals surface area contributed by atoms with E-state index >= 15 is 0 Å². The Morgan fingerprint density at radius 2 is 1.71 bits per heavy atom. The van der Waals surface area contributed by atoms with Crippen molar-refractivity contribution in [2.75, 3.05) is 19.5 Å². The van der Waals surface area contributed by atoms with Gasteiger partial charge in [-0.2, -0.15) is 5.10 Å². The lowest BCUT2D eigenvalue weighted by Crippen LogP contribution is -2.27. The summed E-state index contributed by atoms with van der Waals surface area (Å²) >= 11 is 0. The minimum absolute atomic E-state index is 0.136. The summed E-state index contributed by atoms with van der Waals surface area (Å²) in [7, 11) is 2.96. The third-order valence-electron chi connectivity index (χ3n) is 4.01. The highest BCUT2D eigenvalue weighted by Crippen LogP contribution is 2.26. The van der Waals surface area contributed by atoms with Crippen LogP contribution in [0.15, 0.2) is 53.3 Å². The second-order valence-electron chi connectivity index (χ2n) is 5.92. The maximum atomic E-state index is 14.1. The number of nitrogens with zero attached hydrogens (tertiary/aromatic N) is 2. The molecule has 0 bridgehead atoms. The average Bonchev–Trinajstić information content (AvgIpc) is 2.68. The van der Waals surface area contributed by atoms with Gasteiger partial charge in [0.15, 0.2) is 5.69 Å². The maximum absolute atomic E-state index is 14.1. The van der Waals surface area contributed by atoms with E-state index in [-0.39, 0.29) is 11.4 Å². The van der Waals surface area contributed by atoms with Crippen molar-refractivity contribution >= 4 is 11.6 Å². The molecule has 1 aromatic heterocycles. The fraction of sp³-hybridized carbons (Fsp3) is 0.150. The van der Waals surface area contributed by atoms with Crippen molar-refractivity contribution < 1.29 is 18.7 Å². The first-order valence-corrected chi connectivity index (χ1v) is 8.33. The van der Waals surface area contributed by atoms with E-state index in [1.54, 1.807) is 37.3 Å². The number of methoxy groups -OCH3 is 2. The molecule has 28 heavy (non-hydrogen) atoms. The van der Waals surface area contributed by atoms with Gasteiger partial charge >= 0.3 is 0 Å². The van der Waals surface area contributed by atoms with Crippen LogP contribution < -0.4 is 20.2 Å². The van der Waals surface area contributed by atoms with Crippen LogP contribution in [0.3, 0.4) is 0 Å². The van der Waals surface area contributed by atoms with Crippen LogP contribution in [0.1, 0.15) is 16.2 Å². The van der Waals surface area contributed by atoms with Gasteiger partial charge in [-0.25, -0.2) is 9.07 Å². The lowest BCUT2D eigenvalue weighted by Gasteiger charge is -2.13. The zero-order valence-electron chi connectivity index (χ0n) is 15.5. The summed E-state index contributed by atoms with van der Waals surface area (Å²) in [5.41, 5.74) is -0.0414. The number of ether oxygens (including phenoxy) is 2. The summed E-state index contributed by atoms with van der Waals surface area (Å²) < 4.78 is 25.7. The SMILES string of the molecule is COc1cc(NC(=O)c2nn(-c3ccccc3F)c(C)cc2=O)cc(OC)c1. The molecule has 1 N–H and O–H groups in total. The molecule has 0 radical (unpaired) electrons. The molecule has 3 rings (SSSR count). The Labute approximate surface area is 160 Å². The molecular weight excluding hydrogens is 365 g/mol. The summed E-state index contributed by atoms with van der Waals surface area (Å²) in [4.78, 5) is 25.0. The fourth-order valence-electron chi connectivity index (χ4n) is 2.64. The molecule has 0 aliphatic carbocycles. The van der Waals surface area contributed by atoms with Gasteiger partial charge in [-0.05, 0) is 19.1 Å². The highest BCUT2D eigenvalue weighted by molar-refractivity contribution is 6.02. The molecule has 7 nitrogen and oxygen atoms in total. The smallest absolute Gasteiger partial charge is 0.280 e. The zero-order valence-corrected chi connectivity index (χ0v) is 15.5. The number of rotatable bonds is 5. The first kappa shape index (κ1) is 19.1. The summed E-state index contributed by atoms with van der Waals surface area (Å²) in [6, 6.07) is 12.0. The highest BCUT2D eigenvalue weighted by Gasteiger charge is 2.17. The Balaban J connectivity index is 2.00. The predicted molar refractivity (Wildman–Crippen MR) is 102 cm³/mol. The number of anilines is 1. The lowest BCUT2D eigenvalue weighted by atomic mass is 10.2. The van der Waals surface area contributed by atoms with Gasteiger partial charge in [0.1, 0.15) is 23.0 Å². The van der Waals surface area contributed by atoms with Crippen LogP contribution in [0, 0.1) is 12.7 Å². The number of aromatic nitrogens is 2. The maximum Gasteiger partial charge on any atom is 0.280 e. The highest BCUT2D eigenvalue weighted by atomic mass is 19.1. The van der Waals surface area contributed by atoms with Crippen LogP contribution in [0.5, 0.6) is 11.5 Å². The summed E-state index contributed by atoms with van der Waals surface area (Å²) in [5.74, 6) is -0.318. The van der Waals surface area contributed by atoms with Crippen LogP contribution in [0.4, 0.5) is 10.1 Å². The van der Waals surface area contributed by atoms with Gasteiger partial charge in [0.05, 0.1) is 14.2 Å². The minimum Gasteiger partial charge on any atom is -0.497 e. The average molecular weight is 383 g/mol. The molecule has 3 aromatic rings. The lowest BCUT2D eigenvalue weighted by molar-refractivity contribution is 0.101. The molecule has 2 aromatic carbocycles. The molecule has 0 fully saturated rings. The molecular formula is C20H18FN3O4. The van der Waals surface area contributed by atoms with E-state index in [9.17, 15) is 14.0 Å². The van der Waals surface area contributed by atoms with Crippen molar-refractivity contribution in [1.82, 2.24) is 9.78 Å². The molecule has 1 amide bonds. The molecule has 0 aliphatic heterocycles. The Morgan fingerprint density at radius 1 is 1.07 bits per heavy atom. The van der Waals surface area contributed by atoms with Gasteiger partial charge in [0.2, 0.25) is 5.43 Å². The largest absolute Gasteiger partial charge is 0.497 e. The molecule has 8 heteroatoms. The summed E-state index contributed by atoms with van der Waals surface area (Å²) in [6.07, 6.45) is 0. The Hall–Kier alpha value is -3.68. The van der Waals surface area contributed by atoms with Crippen LogP contribution >= 0.6 is 0 Å². The minimum atomic E-state index is -0.731. The molecule has 0 atom stereocenters. The van der Waals surface area contributed by atoms with Crippen molar-refractivity contribution in [2.45, 2.75) is 6.92 Å². The number of nitrogens with one attached hydrogen (secondary N) is 1. The summed E-state index contributed by atoms with van der Waals surface area (Å²) in [5, 5.41) is 6.67. The third kappa shape index (κ3) is 3.85. The van der Waals surface area contributed by atoms with Crippen LogP contribution in [-0.4, -0.2) is 29.9 Å². The number of amides is 1. The van der Waals surface area contributed by atoms with Crippen LogP contribution in [0.25, 0.3) is 5.69 Å². The molecule has 1 heterocycles. The zero-order chi connectivity index (χ0) is 20.3. The number of halogens is 1. The molecule has 0 saturated carbocycles. The van der Waals surface area contributed by atoms with E-state index in [0.717, 1.165) is 0 Å².